The number of hydrogen-bond donors (Lipinski definition) is 1. The van der Waals surface area contributed by atoms with E-state index in [1.54, 1.807) is 11.9 Å². The Bertz CT molecular complexity index is 754. The molecule has 0 radical (unpaired) electrons. The van der Waals surface area contributed by atoms with E-state index in [1.165, 1.54) is 22.7 Å². The number of nitrogens with one attached hydrogen (secondary N) is 1. The van der Waals surface area contributed by atoms with Gasteiger partial charge in [0, 0.05) is 24.0 Å². The van der Waals surface area contributed by atoms with Crippen LogP contribution in [0.3, 0.4) is 0 Å². The first-order valence-electron chi connectivity index (χ1n) is 8.40. The molecular formula is C18H24N4O2S. The Hall–Kier alpha value is -1.99. The molecule has 25 heavy (non-hydrogen) atoms. The zero-order chi connectivity index (χ0) is 18.0. The molecule has 1 aliphatic rings. The lowest BCUT2D eigenvalue weighted by molar-refractivity contribution is 0.0280. The van der Waals surface area contributed by atoms with E-state index < -0.39 is 0 Å². The number of nitrogens with zero attached hydrogens (tertiary/aromatic N) is 3. The lowest BCUT2D eigenvalue weighted by Gasteiger charge is -2.29. The smallest absolute Gasteiger partial charge is 0.323 e. The van der Waals surface area contributed by atoms with Gasteiger partial charge in [-0.05, 0) is 17.5 Å². The van der Waals surface area contributed by atoms with Crippen LogP contribution in [-0.4, -0.2) is 40.5 Å². The summed E-state index contributed by atoms with van der Waals surface area (Å²) in [6.45, 7) is 7.32. The molecule has 0 saturated heterocycles. The maximum Gasteiger partial charge on any atom is 0.323 e. The first-order chi connectivity index (χ1) is 11.8. The standard InChI is InChI=1S/C18H24N4O2S/c1-18(2,3)15-19-16(25-21-15)20-17(23)22(4)11-14-13-8-6-5-7-12(13)9-10-24-14/h5-8,14H,9-11H2,1-4H3,(H,19,20,21,23)/t14-/m1/s1. The average molecular weight is 360 g/mol. The molecule has 0 fully saturated rings. The average Bonchev–Trinajstić information content (AvgIpc) is 3.04. The van der Waals surface area contributed by atoms with Crippen LogP contribution >= 0.6 is 11.5 Å². The molecule has 6 nitrogen and oxygen atoms in total. The van der Waals surface area contributed by atoms with Gasteiger partial charge in [-0.25, -0.2) is 9.78 Å². The number of urea groups is 1. The summed E-state index contributed by atoms with van der Waals surface area (Å²) in [5.41, 5.74) is 2.33. The van der Waals surface area contributed by atoms with Gasteiger partial charge in [0.15, 0.2) is 0 Å². The third kappa shape index (κ3) is 4.16. The molecule has 0 saturated carbocycles. The monoisotopic (exact) mass is 360 g/mol. The van der Waals surface area contributed by atoms with Crippen LogP contribution < -0.4 is 5.32 Å². The number of aromatic nitrogens is 2. The van der Waals surface area contributed by atoms with Gasteiger partial charge in [-0.15, -0.1) is 0 Å². The predicted molar refractivity (Wildman–Crippen MR) is 99.1 cm³/mol. The first-order valence-corrected chi connectivity index (χ1v) is 9.17. The molecule has 2 aromatic rings. The Morgan fingerprint density at radius 2 is 2.16 bits per heavy atom. The third-order valence-corrected chi connectivity index (χ3v) is 4.82. The van der Waals surface area contributed by atoms with Gasteiger partial charge in [0.2, 0.25) is 5.13 Å². The summed E-state index contributed by atoms with van der Waals surface area (Å²) in [5, 5.41) is 3.34. The molecule has 0 spiro atoms. The first kappa shape index (κ1) is 17.8. The number of amides is 2. The van der Waals surface area contributed by atoms with E-state index in [-0.39, 0.29) is 17.6 Å². The number of fused-ring (bicyclic) bond motifs is 1. The van der Waals surface area contributed by atoms with Crippen molar-refractivity contribution in [1.29, 1.82) is 0 Å². The molecular weight excluding hydrogens is 336 g/mol. The molecule has 0 aliphatic carbocycles. The molecule has 1 atom stereocenters. The van der Waals surface area contributed by atoms with E-state index in [2.05, 4.69) is 26.8 Å². The van der Waals surface area contributed by atoms with Crippen molar-refractivity contribution in [2.45, 2.75) is 38.7 Å². The minimum absolute atomic E-state index is 0.0970. The maximum absolute atomic E-state index is 12.5. The fourth-order valence-corrected chi connectivity index (χ4v) is 3.47. The molecule has 1 N–H and O–H groups in total. The van der Waals surface area contributed by atoms with Gasteiger partial charge in [-0.2, -0.15) is 4.37 Å². The van der Waals surface area contributed by atoms with Crippen molar-refractivity contribution in [3.8, 4) is 0 Å². The lowest BCUT2D eigenvalue weighted by atomic mass is 9.96. The van der Waals surface area contributed by atoms with Crippen molar-refractivity contribution < 1.29 is 9.53 Å². The third-order valence-electron chi connectivity index (χ3n) is 4.19. The van der Waals surface area contributed by atoms with Crippen LogP contribution in [-0.2, 0) is 16.6 Å². The highest BCUT2D eigenvalue weighted by atomic mass is 32.1. The number of hydrogen-bond acceptors (Lipinski definition) is 5. The predicted octanol–water partition coefficient (Wildman–Crippen LogP) is 3.61. The Morgan fingerprint density at radius 3 is 2.88 bits per heavy atom. The number of carbonyl (C=O) groups excluding carboxylic acids is 1. The summed E-state index contributed by atoms with van der Waals surface area (Å²) in [4.78, 5) is 18.5. The summed E-state index contributed by atoms with van der Waals surface area (Å²) in [5.74, 6) is 0.736. The summed E-state index contributed by atoms with van der Waals surface area (Å²) in [6, 6.07) is 8.05. The van der Waals surface area contributed by atoms with Crippen molar-refractivity contribution in [3.05, 3.63) is 41.2 Å². The fourth-order valence-electron chi connectivity index (χ4n) is 2.73. The molecule has 134 valence electrons. The van der Waals surface area contributed by atoms with Gasteiger partial charge in [0.25, 0.3) is 0 Å². The number of likely N-dealkylation sites (N-methyl/N-ethyl adjacent to an activating group) is 1. The van der Waals surface area contributed by atoms with E-state index in [9.17, 15) is 4.79 Å². The maximum atomic E-state index is 12.5. The lowest BCUT2D eigenvalue weighted by Crippen LogP contribution is -2.36. The number of carbonyl (C=O) groups is 1. The molecule has 0 unspecified atom stereocenters. The number of rotatable bonds is 3. The highest BCUT2D eigenvalue weighted by Crippen LogP contribution is 2.28. The van der Waals surface area contributed by atoms with Crippen molar-refractivity contribution in [2.75, 3.05) is 25.5 Å². The summed E-state index contributed by atoms with van der Waals surface area (Å²) >= 11 is 1.21. The fraction of sp³-hybridized carbons (Fsp3) is 0.500. The van der Waals surface area contributed by atoms with Gasteiger partial charge in [-0.1, -0.05) is 45.0 Å². The van der Waals surface area contributed by atoms with Crippen LogP contribution in [0.1, 0.15) is 43.8 Å². The molecule has 2 amide bonds. The number of anilines is 1. The zero-order valence-electron chi connectivity index (χ0n) is 15.1. The minimum atomic E-state index is -0.205. The Labute approximate surface area is 152 Å². The van der Waals surface area contributed by atoms with Crippen molar-refractivity contribution in [2.24, 2.45) is 0 Å². The van der Waals surface area contributed by atoms with Gasteiger partial charge in [-0.3, -0.25) is 5.32 Å². The quantitative estimate of drug-likeness (QED) is 0.908. The van der Waals surface area contributed by atoms with Gasteiger partial charge < -0.3 is 9.64 Å². The van der Waals surface area contributed by atoms with Crippen molar-refractivity contribution >= 4 is 22.7 Å². The largest absolute Gasteiger partial charge is 0.371 e. The Morgan fingerprint density at radius 1 is 1.40 bits per heavy atom. The molecule has 3 rings (SSSR count). The summed E-state index contributed by atoms with van der Waals surface area (Å²) < 4.78 is 10.2. The topological polar surface area (TPSA) is 67.3 Å². The SMILES string of the molecule is CN(C[C@H]1OCCc2ccccc21)C(=O)Nc1nc(C(C)(C)C)ns1. The number of benzene rings is 1. The van der Waals surface area contributed by atoms with E-state index in [0.717, 1.165) is 12.2 Å². The Balaban J connectivity index is 1.63. The molecule has 0 bridgehead atoms. The van der Waals surface area contributed by atoms with E-state index >= 15 is 0 Å². The normalized spacial score (nSPS) is 17.0. The van der Waals surface area contributed by atoms with Crippen LogP contribution in [0.2, 0.25) is 0 Å². The molecule has 1 aliphatic heterocycles. The summed E-state index contributed by atoms with van der Waals surface area (Å²) in [7, 11) is 1.77. The van der Waals surface area contributed by atoms with Gasteiger partial charge in [0.05, 0.1) is 13.2 Å². The highest BCUT2D eigenvalue weighted by Gasteiger charge is 2.25. The second-order valence-corrected chi connectivity index (χ2v) is 8.04. The van der Waals surface area contributed by atoms with E-state index in [0.29, 0.717) is 18.3 Å². The molecule has 7 heteroatoms. The number of ether oxygens (including phenoxy) is 1. The zero-order valence-corrected chi connectivity index (χ0v) is 15.9. The van der Waals surface area contributed by atoms with Gasteiger partial charge >= 0.3 is 6.03 Å². The molecule has 2 heterocycles. The van der Waals surface area contributed by atoms with Gasteiger partial charge in [0.1, 0.15) is 11.9 Å². The van der Waals surface area contributed by atoms with Crippen molar-refractivity contribution in [1.82, 2.24) is 14.3 Å². The van der Waals surface area contributed by atoms with Crippen LogP contribution in [0.25, 0.3) is 0 Å². The molecule has 1 aromatic carbocycles. The van der Waals surface area contributed by atoms with Crippen LogP contribution in [0.5, 0.6) is 0 Å². The van der Waals surface area contributed by atoms with Crippen LogP contribution in [0, 0.1) is 0 Å². The van der Waals surface area contributed by atoms with Crippen LogP contribution in [0.4, 0.5) is 9.93 Å². The second kappa shape index (κ2) is 7.09. The summed E-state index contributed by atoms with van der Waals surface area (Å²) in [6.07, 6.45) is 0.823. The van der Waals surface area contributed by atoms with Crippen LogP contribution in [0.15, 0.2) is 24.3 Å². The Kier molecular flexibility index (Phi) is 5.06. The van der Waals surface area contributed by atoms with Crippen molar-refractivity contribution in [3.63, 3.8) is 0 Å². The van der Waals surface area contributed by atoms with E-state index in [4.69, 9.17) is 4.74 Å². The molecule has 1 aromatic heterocycles. The minimum Gasteiger partial charge on any atom is -0.371 e. The van der Waals surface area contributed by atoms with E-state index in [1.807, 2.05) is 32.9 Å². The highest BCUT2D eigenvalue weighted by molar-refractivity contribution is 7.09. The second-order valence-electron chi connectivity index (χ2n) is 7.29.